The maximum atomic E-state index is 11.0. The zero-order valence-electron chi connectivity index (χ0n) is 9.96. The van der Waals surface area contributed by atoms with E-state index in [-0.39, 0.29) is 11.9 Å². The van der Waals surface area contributed by atoms with Crippen LogP contribution in [0.2, 0.25) is 18.8 Å². The molecular weight excluding hydrogens is 303 g/mol. The van der Waals surface area contributed by atoms with Gasteiger partial charge in [-0.2, -0.15) is 0 Å². The fraction of sp³-hybridized carbons (Fsp3) is 0.800. The molecule has 0 saturated carbocycles. The van der Waals surface area contributed by atoms with Crippen molar-refractivity contribution in [3.8, 4) is 0 Å². The van der Waals surface area contributed by atoms with Crippen molar-refractivity contribution in [1.82, 2.24) is 0 Å². The summed E-state index contributed by atoms with van der Waals surface area (Å²) in [5, 5.41) is 0. The Kier molecular flexibility index (Phi) is 6.96. The molecule has 0 amide bonds. The Morgan fingerprint density at radius 1 is 0.933 bits per heavy atom. The van der Waals surface area contributed by atoms with Crippen LogP contribution in [-0.4, -0.2) is 44.5 Å². The van der Waals surface area contributed by atoms with Crippen LogP contribution in [-0.2, 0) is 19.1 Å². The molecule has 15 heavy (non-hydrogen) atoms. The van der Waals surface area contributed by atoms with Crippen LogP contribution in [0.15, 0.2) is 0 Å². The van der Waals surface area contributed by atoms with Crippen LogP contribution in [0.1, 0.15) is 12.8 Å². The summed E-state index contributed by atoms with van der Waals surface area (Å²) in [6.07, 6.45) is 0.974. The van der Waals surface area contributed by atoms with Crippen LogP contribution >= 0.6 is 0 Å². The van der Waals surface area contributed by atoms with Gasteiger partial charge in [-0.05, 0) is 0 Å². The SMILES string of the molecule is COC(=O)C[CH2][Sn]([CH3])([CH3])[CH2]CC(=O)OC. The normalized spacial score (nSPS) is 10.9. The van der Waals surface area contributed by atoms with Gasteiger partial charge in [0.1, 0.15) is 0 Å². The van der Waals surface area contributed by atoms with Crippen molar-refractivity contribution in [1.29, 1.82) is 0 Å². The second-order valence-electron chi connectivity index (χ2n) is 4.32. The summed E-state index contributed by atoms with van der Waals surface area (Å²) < 4.78 is 11.0. The van der Waals surface area contributed by atoms with E-state index in [1.54, 1.807) is 0 Å². The Labute approximate surface area is 95.2 Å². The standard InChI is InChI=1S/2C4H7O2.2CH3.Sn/c2*1-3-4(5)6-2;;;/h2*1,3H2,2H3;2*1H3;. The molecule has 0 aliphatic rings. The van der Waals surface area contributed by atoms with Crippen LogP contribution in [0.3, 0.4) is 0 Å². The molecule has 0 bridgehead atoms. The van der Waals surface area contributed by atoms with Gasteiger partial charge in [-0.25, -0.2) is 0 Å². The van der Waals surface area contributed by atoms with Crippen molar-refractivity contribution in [3.05, 3.63) is 0 Å². The van der Waals surface area contributed by atoms with E-state index in [0.29, 0.717) is 12.8 Å². The van der Waals surface area contributed by atoms with Crippen LogP contribution in [0.25, 0.3) is 0 Å². The molecule has 4 nitrogen and oxygen atoms in total. The molecule has 0 rings (SSSR count). The summed E-state index contributed by atoms with van der Waals surface area (Å²) in [7, 11) is 2.80. The van der Waals surface area contributed by atoms with Gasteiger partial charge in [0.05, 0.1) is 0 Å². The predicted octanol–water partition coefficient (Wildman–Crippen LogP) is 1.82. The van der Waals surface area contributed by atoms with E-state index in [2.05, 4.69) is 19.4 Å². The first-order valence-electron chi connectivity index (χ1n) is 5.05. The van der Waals surface area contributed by atoms with Gasteiger partial charge in [0.15, 0.2) is 0 Å². The third-order valence-electron chi connectivity index (χ3n) is 2.47. The van der Waals surface area contributed by atoms with E-state index in [4.69, 9.17) is 0 Å². The van der Waals surface area contributed by atoms with E-state index >= 15 is 0 Å². The summed E-state index contributed by atoms with van der Waals surface area (Å²) in [6, 6.07) is 0. The van der Waals surface area contributed by atoms with Crippen LogP contribution in [0.4, 0.5) is 0 Å². The number of carbonyl (C=O) groups excluding carboxylic acids is 2. The van der Waals surface area contributed by atoms with Crippen molar-refractivity contribution in [2.45, 2.75) is 31.6 Å². The molecule has 0 aromatic rings. The van der Waals surface area contributed by atoms with E-state index in [0.717, 1.165) is 8.87 Å². The van der Waals surface area contributed by atoms with E-state index < -0.39 is 18.4 Å². The van der Waals surface area contributed by atoms with Gasteiger partial charge in [-0.1, -0.05) is 0 Å². The van der Waals surface area contributed by atoms with Gasteiger partial charge in [0, 0.05) is 0 Å². The molecule has 0 unspecified atom stereocenters. The number of hydrogen-bond donors (Lipinski definition) is 0. The van der Waals surface area contributed by atoms with Crippen LogP contribution in [0, 0.1) is 0 Å². The summed E-state index contributed by atoms with van der Waals surface area (Å²) in [5.74, 6) is -0.310. The first-order chi connectivity index (χ1) is 6.91. The molecule has 5 heteroatoms. The van der Waals surface area contributed by atoms with Crippen LogP contribution < -0.4 is 0 Å². The number of carbonyl (C=O) groups is 2. The van der Waals surface area contributed by atoms with Gasteiger partial charge >= 0.3 is 95.2 Å². The van der Waals surface area contributed by atoms with Crippen molar-refractivity contribution in [3.63, 3.8) is 0 Å². The molecule has 0 spiro atoms. The second kappa shape index (κ2) is 7.09. The molecular formula is C10H20O4Sn. The quantitative estimate of drug-likeness (QED) is 0.553. The zero-order chi connectivity index (χ0) is 11.9. The number of hydrogen-bond acceptors (Lipinski definition) is 4. The van der Waals surface area contributed by atoms with Crippen molar-refractivity contribution < 1.29 is 19.1 Å². The van der Waals surface area contributed by atoms with Crippen molar-refractivity contribution >= 4 is 30.3 Å². The van der Waals surface area contributed by atoms with Gasteiger partial charge < -0.3 is 0 Å². The second-order valence-corrected chi connectivity index (χ2v) is 19.5. The summed E-state index contributed by atoms with van der Waals surface area (Å²) in [4.78, 5) is 26.4. The number of methoxy groups -OCH3 is 2. The van der Waals surface area contributed by atoms with Crippen LogP contribution in [0.5, 0.6) is 0 Å². The van der Waals surface area contributed by atoms with Gasteiger partial charge in [0.25, 0.3) is 0 Å². The molecule has 0 aromatic carbocycles. The summed E-state index contributed by atoms with van der Waals surface area (Å²) in [5.41, 5.74) is 0. The predicted molar refractivity (Wildman–Crippen MR) is 60.4 cm³/mol. The topological polar surface area (TPSA) is 52.6 Å². The van der Waals surface area contributed by atoms with Gasteiger partial charge in [0.2, 0.25) is 0 Å². The Bertz CT molecular complexity index is 203. The minimum absolute atomic E-state index is 0.155. The first kappa shape index (κ1) is 14.7. The summed E-state index contributed by atoms with van der Waals surface area (Å²) in [6.45, 7) is 0. The Hall–Kier alpha value is -0.261. The third kappa shape index (κ3) is 7.64. The maximum absolute atomic E-state index is 11.0. The first-order valence-corrected chi connectivity index (χ1v) is 14.8. The number of rotatable bonds is 6. The molecule has 0 aliphatic heterocycles. The number of esters is 2. The monoisotopic (exact) mass is 324 g/mol. The number of ether oxygens (including phenoxy) is 2. The van der Waals surface area contributed by atoms with Gasteiger partial charge in [-0.3, -0.25) is 0 Å². The van der Waals surface area contributed by atoms with E-state index in [1.165, 1.54) is 14.2 Å². The average molecular weight is 323 g/mol. The van der Waals surface area contributed by atoms with Gasteiger partial charge in [-0.15, -0.1) is 0 Å². The summed E-state index contributed by atoms with van der Waals surface area (Å²) >= 11 is -2.19. The zero-order valence-corrected chi connectivity index (χ0v) is 12.8. The molecule has 0 fully saturated rings. The van der Waals surface area contributed by atoms with E-state index in [1.807, 2.05) is 0 Å². The molecule has 0 heterocycles. The molecule has 88 valence electrons. The molecule has 0 aliphatic carbocycles. The molecule has 0 radical (unpaired) electrons. The fourth-order valence-electron chi connectivity index (χ4n) is 1.21. The average Bonchev–Trinajstić information content (AvgIpc) is 2.22. The van der Waals surface area contributed by atoms with E-state index in [9.17, 15) is 9.59 Å². The molecule has 0 N–H and O–H groups in total. The Morgan fingerprint density at radius 2 is 1.27 bits per heavy atom. The Morgan fingerprint density at radius 3 is 1.53 bits per heavy atom. The third-order valence-corrected chi connectivity index (χ3v) is 11.6. The molecule has 0 aromatic heterocycles. The Balaban J connectivity index is 3.86. The molecule has 0 atom stereocenters. The fourth-order valence-corrected chi connectivity index (χ4v) is 6.95. The molecule has 0 saturated heterocycles. The van der Waals surface area contributed by atoms with Crippen molar-refractivity contribution in [2.75, 3.05) is 14.2 Å². The minimum atomic E-state index is -2.19. The van der Waals surface area contributed by atoms with Crippen molar-refractivity contribution in [2.24, 2.45) is 0 Å².